The van der Waals surface area contributed by atoms with Gasteiger partial charge in [-0.3, -0.25) is 9.48 Å². The third-order valence-electron chi connectivity index (χ3n) is 18.5. The van der Waals surface area contributed by atoms with E-state index in [2.05, 4.69) is 83.8 Å². The van der Waals surface area contributed by atoms with Crippen molar-refractivity contribution >= 4 is 52.3 Å². The molecule has 5 fully saturated rings. The average molecular weight is 1010 g/mol. The minimum absolute atomic E-state index is 0.00437. The fourth-order valence-corrected chi connectivity index (χ4v) is 14.5. The number of alkyl halides is 2. The number of carbonyl (C=O) groups is 1. The second kappa shape index (κ2) is 19.2. The lowest BCUT2D eigenvalue weighted by Gasteiger charge is -2.56. The summed E-state index contributed by atoms with van der Waals surface area (Å²) < 4.78 is 33.3. The largest absolute Gasteiger partial charge is 0.371 e. The third-order valence-corrected chi connectivity index (χ3v) is 18.8. The van der Waals surface area contributed by atoms with Crippen LogP contribution in [0.15, 0.2) is 83.4 Å². The number of nitriles is 1. The number of aromatic nitrogens is 2. The summed E-state index contributed by atoms with van der Waals surface area (Å²) in [6.45, 7) is 13.6. The molecule has 12 rings (SSSR count). The second-order valence-corrected chi connectivity index (χ2v) is 23.4. The molecule has 0 unspecified atom stereocenters. The maximum atomic E-state index is 14.8. The molecule has 1 aromatic heterocycles. The van der Waals surface area contributed by atoms with E-state index in [9.17, 15) is 18.8 Å². The summed E-state index contributed by atoms with van der Waals surface area (Å²) in [5.41, 5.74) is 10.3. The summed E-state index contributed by atoms with van der Waals surface area (Å²) in [6, 6.07) is 22.1. The van der Waals surface area contributed by atoms with Crippen LogP contribution in [-0.4, -0.2) is 120 Å². The van der Waals surface area contributed by atoms with Gasteiger partial charge < -0.3 is 29.4 Å². The standard InChI is InChI=1S/C58H69ClF2N11O/c1-39-30-57(38-71(39)48-11-8-43(31-62)52(59)28-48)17-23-66(24-18-57)46-12-14-47(15-13-46)69-36-58(37-69)19-25-67(26-20-58)45-9-6-41(7-10-45)33-72-53-16-22-68(40(2)73)35-51(53)56(64-72)70-21-4-5-42-27-49(44-32-63-65(3)34-44)50(55(60)61)29-54(42)70/h8,11-15,27-29,32-34,39,41,45,55H,4-7,9-10,16-26,30,35-38H2,1-3H3/q+1/b72-33-/t39-,41?,45?/m0/s1. The Morgan fingerprint density at radius 2 is 1.59 bits per heavy atom. The number of nitrogens with zero attached hydrogens (tertiary/aromatic N) is 11. The van der Waals surface area contributed by atoms with Crippen LogP contribution in [-0.2, 0) is 18.3 Å². The molecule has 382 valence electrons. The van der Waals surface area contributed by atoms with Gasteiger partial charge in [-0.25, -0.2) is 8.78 Å². The van der Waals surface area contributed by atoms with Gasteiger partial charge in [0.05, 0.1) is 35.3 Å². The number of amidine groups is 1. The van der Waals surface area contributed by atoms with Crippen LogP contribution < -0.4 is 19.6 Å². The molecule has 15 heteroatoms. The fraction of sp³-hybridized carbons (Fsp3) is 0.534. The van der Waals surface area contributed by atoms with Gasteiger partial charge in [-0.05, 0) is 162 Å². The number of hydrazone groups is 1. The summed E-state index contributed by atoms with van der Waals surface area (Å²) in [5, 5.41) is 19.5. The second-order valence-electron chi connectivity index (χ2n) is 23.0. The molecule has 1 saturated carbocycles. The molecule has 3 aromatic carbocycles. The Bertz CT molecular complexity index is 2910. The molecular formula is C58H69ClF2N11O+. The first-order chi connectivity index (χ1) is 35.3. The van der Waals surface area contributed by atoms with E-state index < -0.39 is 6.43 Å². The van der Waals surface area contributed by atoms with E-state index in [1.807, 2.05) is 23.1 Å². The van der Waals surface area contributed by atoms with Gasteiger partial charge in [-0.1, -0.05) is 16.3 Å². The van der Waals surface area contributed by atoms with Gasteiger partial charge in [0.15, 0.2) is 6.21 Å². The molecule has 0 radical (unpaired) electrons. The molecule has 1 amide bonds. The molecule has 4 saturated heterocycles. The van der Waals surface area contributed by atoms with Crippen LogP contribution in [0.4, 0.5) is 31.5 Å². The van der Waals surface area contributed by atoms with Crippen LogP contribution >= 0.6 is 11.6 Å². The maximum absolute atomic E-state index is 14.8. The molecule has 0 bridgehead atoms. The van der Waals surface area contributed by atoms with Crippen molar-refractivity contribution in [2.24, 2.45) is 28.9 Å². The predicted molar refractivity (Wildman–Crippen MR) is 286 cm³/mol. The van der Waals surface area contributed by atoms with Crippen LogP contribution in [0.2, 0.25) is 5.02 Å². The van der Waals surface area contributed by atoms with Gasteiger partial charge in [0.1, 0.15) is 6.07 Å². The molecule has 1 aliphatic carbocycles. The smallest absolute Gasteiger partial charge is 0.264 e. The number of likely N-dealkylation sites (tertiary alicyclic amines) is 1. The molecule has 1 atom stereocenters. The first kappa shape index (κ1) is 48.2. The van der Waals surface area contributed by atoms with Crippen LogP contribution in [0.5, 0.6) is 0 Å². The molecule has 12 nitrogen and oxygen atoms in total. The van der Waals surface area contributed by atoms with Crippen molar-refractivity contribution in [3.63, 3.8) is 0 Å². The normalized spacial score (nSPS) is 25.4. The third kappa shape index (κ3) is 9.10. The monoisotopic (exact) mass is 1010 g/mol. The molecule has 8 heterocycles. The van der Waals surface area contributed by atoms with Gasteiger partial charge in [0, 0.05) is 128 Å². The highest BCUT2D eigenvalue weighted by atomic mass is 35.5. The number of hydrogen-bond donors (Lipinski definition) is 0. The number of fused-ring (bicyclic) bond motifs is 1. The van der Waals surface area contributed by atoms with E-state index in [0.29, 0.717) is 76.6 Å². The fourth-order valence-electron chi connectivity index (χ4n) is 14.3. The molecular weight excluding hydrogens is 940 g/mol. The van der Waals surface area contributed by atoms with E-state index in [1.165, 1.54) is 69.4 Å². The van der Waals surface area contributed by atoms with Crippen molar-refractivity contribution in [1.29, 1.82) is 5.26 Å². The molecule has 4 aromatic rings. The van der Waals surface area contributed by atoms with Gasteiger partial charge in [0.2, 0.25) is 17.4 Å². The summed E-state index contributed by atoms with van der Waals surface area (Å²) in [4.78, 5) is 27.2. The minimum Gasteiger partial charge on any atom is -0.371 e. The lowest BCUT2D eigenvalue weighted by Crippen LogP contribution is -2.61. The lowest BCUT2D eigenvalue weighted by molar-refractivity contribution is -0.479. The lowest BCUT2D eigenvalue weighted by atomic mass is 9.71. The van der Waals surface area contributed by atoms with Crippen LogP contribution in [0.1, 0.15) is 108 Å². The van der Waals surface area contributed by atoms with Gasteiger partial charge in [0.25, 0.3) is 6.43 Å². The topological polar surface area (TPSA) is 93.5 Å². The van der Waals surface area contributed by atoms with Crippen molar-refractivity contribution in [3.8, 4) is 17.2 Å². The van der Waals surface area contributed by atoms with Gasteiger partial charge in [-0.15, -0.1) is 0 Å². The van der Waals surface area contributed by atoms with E-state index in [1.54, 1.807) is 37.1 Å². The zero-order chi connectivity index (χ0) is 50.2. The van der Waals surface area contributed by atoms with Crippen molar-refractivity contribution in [2.75, 3.05) is 85.0 Å². The number of piperidine rings is 2. The summed E-state index contributed by atoms with van der Waals surface area (Å²) in [5.74, 6) is 1.24. The molecule has 73 heavy (non-hydrogen) atoms. The number of hydrogen-bond acceptors (Lipinski definition) is 9. The highest BCUT2D eigenvalue weighted by molar-refractivity contribution is 6.32. The van der Waals surface area contributed by atoms with Crippen molar-refractivity contribution in [3.05, 3.63) is 100.0 Å². The van der Waals surface area contributed by atoms with Gasteiger partial charge >= 0.3 is 0 Å². The van der Waals surface area contributed by atoms with Crippen molar-refractivity contribution in [2.45, 2.75) is 109 Å². The van der Waals surface area contributed by atoms with Crippen molar-refractivity contribution in [1.82, 2.24) is 19.6 Å². The van der Waals surface area contributed by atoms with E-state index in [-0.39, 0.29) is 11.5 Å². The Hall–Kier alpha value is -5.78. The summed E-state index contributed by atoms with van der Waals surface area (Å²) in [7, 11) is 1.80. The summed E-state index contributed by atoms with van der Waals surface area (Å²) in [6.07, 6.45) is 16.2. The zero-order valence-corrected chi connectivity index (χ0v) is 43.5. The minimum atomic E-state index is -2.64. The highest BCUT2D eigenvalue weighted by Crippen LogP contribution is 2.48. The van der Waals surface area contributed by atoms with Crippen LogP contribution in [0.3, 0.4) is 0 Å². The maximum Gasteiger partial charge on any atom is 0.264 e. The van der Waals surface area contributed by atoms with E-state index >= 15 is 0 Å². The van der Waals surface area contributed by atoms with Crippen LogP contribution in [0, 0.1) is 28.1 Å². The van der Waals surface area contributed by atoms with Gasteiger partial charge in [-0.2, -0.15) is 10.4 Å². The Kier molecular flexibility index (Phi) is 12.7. The number of rotatable bonds is 7. The quantitative estimate of drug-likeness (QED) is 0.169. The number of amides is 1. The Morgan fingerprint density at radius 1 is 0.877 bits per heavy atom. The zero-order valence-electron chi connectivity index (χ0n) is 42.8. The molecule has 0 N–H and O–H groups in total. The number of halogens is 3. The number of anilines is 4. The van der Waals surface area contributed by atoms with Crippen molar-refractivity contribution < 1.29 is 18.3 Å². The predicted octanol–water partition coefficient (Wildman–Crippen LogP) is 10.3. The highest BCUT2D eigenvalue weighted by Gasteiger charge is 2.48. The number of benzene rings is 3. The Morgan fingerprint density at radius 3 is 2.26 bits per heavy atom. The summed E-state index contributed by atoms with van der Waals surface area (Å²) >= 11 is 6.43. The van der Waals surface area contributed by atoms with E-state index in [0.717, 1.165) is 92.5 Å². The number of carbonyl (C=O) groups excluding carboxylic acids is 1. The Balaban J connectivity index is 0.642. The SMILES string of the molecule is CC(=O)N1CCC2=C(C1)C(N1CCCc3cc(-c4cnn(C)c4)c(C(F)F)cc31)=N/[N+]2=C\C1CCC(N2CCC3(CC2)CN(c2ccc(N4CCC5(CC4)C[C@H](C)N(c4ccc(C#N)c(Cl)c4)C5)cc2)C3)CC1. The number of aryl methyl sites for hydroxylation is 2. The first-order valence-corrected chi connectivity index (χ1v) is 27.4. The molecule has 7 aliphatic heterocycles. The molecule has 2 spiro atoms. The van der Waals surface area contributed by atoms with Crippen LogP contribution in [0.25, 0.3) is 11.1 Å². The average Bonchev–Trinajstić information content (AvgIpc) is 4.09. The molecule has 8 aliphatic rings. The van der Waals surface area contributed by atoms with E-state index in [4.69, 9.17) is 16.7 Å². The Labute approximate surface area is 434 Å². The first-order valence-electron chi connectivity index (χ1n) is 27.1.